The smallest absolute Gasteiger partial charge is 0.0907 e. The van der Waals surface area contributed by atoms with Gasteiger partial charge in [-0.15, -0.1) is 11.3 Å². The van der Waals surface area contributed by atoms with E-state index in [0.29, 0.717) is 6.04 Å². The van der Waals surface area contributed by atoms with Crippen LogP contribution in [0.5, 0.6) is 0 Å². The number of nitrogen functional groups attached to an aromatic ring is 1. The number of anilines is 2. The Bertz CT molecular complexity index is 555. The number of aromatic nitrogens is 1. The Balaban J connectivity index is 1.90. The normalized spacial score (nSPS) is 23.6. The van der Waals surface area contributed by atoms with Crippen molar-refractivity contribution in [1.82, 2.24) is 4.98 Å². The number of thiazole rings is 1. The van der Waals surface area contributed by atoms with Crippen molar-refractivity contribution < 1.29 is 0 Å². The molecule has 2 aromatic rings. The van der Waals surface area contributed by atoms with Crippen LogP contribution in [0.15, 0.2) is 12.1 Å². The minimum Gasteiger partial charge on any atom is -0.397 e. The molecule has 1 saturated carbocycles. The number of nitrogens with one attached hydrogen (secondary N) is 1. The van der Waals surface area contributed by atoms with E-state index in [0.717, 1.165) is 27.8 Å². The molecule has 1 fully saturated rings. The molecular weight excluding hydrogens is 230 g/mol. The standard InChI is InChI=1S/C13H17N3S/c1-7-3-9(4-7)16-11-6-12-13(5-10(11)14)17-8(2)15-12/h5-7,9,16H,3-4,14H2,1-2H3. The number of rotatable bonds is 2. The molecule has 4 heteroatoms. The van der Waals surface area contributed by atoms with Gasteiger partial charge in [0.1, 0.15) is 0 Å². The number of aryl methyl sites for hydroxylation is 1. The van der Waals surface area contributed by atoms with Gasteiger partial charge in [-0.05, 0) is 37.8 Å². The van der Waals surface area contributed by atoms with Gasteiger partial charge >= 0.3 is 0 Å². The molecule has 0 saturated heterocycles. The van der Waals surface area contributed by atoms with Crippen LogP contribution in [0.1, 0.15) is 24.8 Å². The van der Waals surface area contributed by atoms with Gasteiger partial charge in [-0.1, -0.05) is 6.92 Å². The highest BCUT2D eigenvalue weighted by Crippen LogP contribution is 2.34. The van der Waals surface area contributed by atoms with Gasteiger partial charge in [0.25, 0.3) is 0 Å². The van der Waals surface area contributed by atoms with Crippen molar-refractivity contribution in [3.8, 4) is 0 Å². The van der Waals surface area contributed by atoms with Crippen molar-refractivity contribution >= 4 is 32.9 Å². The molecule has 0 aliphatic heterocycles. The third kappa shape index (κ3) is 1.97. The first kappa shape index (κ1) is 10.8. The van der Waals surface area contributed by atoms with E-state index < -0.39 is 0 Å². The minimum absolute atomic E-state index is 0.587. The fourth-order valence-corrected chi connectivity index (χ4v) is 3.33. The first-order chi connectivity index (χ1) is 8.11. The molecule has 1 aliphatic carbocycles. The van der Waals surface area contributed by atoms with Gasteiger partial charge in [-0.3, -0.25) is 0 Å². The quantitative estimate of drug-likeness (QED) is 0.800. The highest BCUT2D eigenvalue weighted by atomic mass is 32.1. The number of benzene rings is 1. The molecule has 1 heterocycles. The molecule has 3 nitrogen and oxygen atoms in total. The van der Waals surface area contributed by atoms with Crippen LogP contribution in [0.2, 0.25) is 0 Å². The summed E-state index contributed by atoms with van der Waals surface area (Å²) in [5.41, 5.74) is 9.00. The molecule has 1 aromatic carbocycles. The van der Waals surface area contributed by atoms with Crippen molar-refractivity contribution in [3.05, 3.63) is 17.1 Å². The lowest BCUT2D eigenvalue weighted by Gasteiger charge is -2.34. The Morgan fingerprint density at radius 3 is 2.88 bits per heavy atom. The molecule has 1 aliphatic rings. The second-order valence-electron chi connectivity index (χ2n) is 5.06. The van der Waals surface area contributed by atoms with Crippen molar-refractivity contribution in [1.29, 1.82) is 0 Å². The van der Waals surface area contributed by atoms with E-state index in [1.165, 1.54) is 17.5 Å². The SMILES string of the molecule is Cc1nc2cc(NC3CC(C)C3)c(N)cc2s1. The number of nitrogens with zero attached hydrogens (tertiary/aromatic N) is 1. The Morgan fingerprint density at radius 1 is 1.41 bits per heavy atom. The maximum Gasteiger partial charge on any atom is 0.0907 e. The summed E-state index contributed by atoms with van der Waals surface area (Å²) in [5, 5.41) is 4.61. The van der Waals surface area contributed by atoms with Gasteiger partial charge in [0, 0.05) is 6.04 Å². The number of nitrogens with two attached hydrogens (primary N) is 1. The summed E-state index contributed by atoms with van der Waals surface area (Å²) >= 11 is 1.70. The van der Waals surface area contributed by atoms with Crippen molar-refractivity contribution in [2.45, 2.75) is 32.7 Å². The number of hydrogen-bond donors (Lipinski definition) is 2. The lowest BCUT2D eigenvalue weighted by molar-refractivity contribution is 0.309. The maximum absolute atomic E-state index is 6.07. The van der Waals surface area contributed by atoms with E-state index in [2.05, 4.69) is 23.3 Å². The summed E-state index contributed by atoms with van der Waals surface area (Å²) < 4.78 is 1.17. The molecule has 0 spiro atoms. The molecule has 0 amide bonds. The fourth-order valence-electron chi connectivity index (χ4n) is 2.47. The highest BCUT2D eigenvalue weighted by Gasteiger charge is 2.25. The van der Waals surface area contributed by atoms with E-state index in [-0.39, 0.29) is 0 Å². The summed E-state index contributed by atoms with van der Waals surface area (Å²) in [4.78, 5) is 4.50. The topological polar surface area (TPSA) is 50.9 Å². The Labute approximate surface area is 105 Å². The lowest BCUT2D eigenvalue weighted by atomic mass is 9.82. The van der Waals surface area contributed by atoms with Crippen LogP contribution < -0.4 is 11.1 Å². The summed E-state index contributed by atoms with van der Waals surface area (Å²) in [6.45, 7) is 4.32. The van der Waals surface area contributed by atoms with E-state index in [1.807, 2.05) is 13.0 Å². The van der Waals surface area contributed by atoms with Gasteiger partial charge in [0.15, 0.2) is 0 Å². The maximum atomic E-state index is 6.07. The zero-order valence-electron chi connectivity index (χ0n) is 10.2. The molecule has 0 unspecified atom stereocenters. The molecule has 17 heavy (non-hydrogen) atoms. The summed E-state index contributed by atoms with van der Waals surface area (Å²) in [6, 6.07) is 4.70. The predicted octanol–water partition coefficient (Wildman–Crippen LogP) is 3.40. The first-order valence-electron chi connectivity index (χ1n) is 6.05. The van der Waals surface area contributed by atoms with Gasteiger partial charge < -0.3 is 11.1 Å². The molecule has 0 bridgehead atoms. The summed E-state index contributed by atoms with van der Waals surface area (Å²) in [6.07, 6.45) is 2.49. The van der Waals surface area contributed by atoms with E-state index in [4.69, 9.17) is 5.73 Å². The molecule has 90 valence electrons. The van der Waals surface area contributed by atoms with Crippen molar-refractivity contribution in [2.24, 2.45) is 5.92 Å². The summed E-state index contributed by atoms with van der Waals surface area (Å²) in [7, 11) is 0. The van der Waals surface area contributed by atoms with Crippen LogP contribution in [-0.4, -0.2) is 11.0 Å². The molecule has 0 radical (unpaired) electrons. The Hall–Kier alpha value is -1.29. The zero-order chi connectivity index (χ0) is 12.0. The van der Waals surface area contributed by atoms with Gasteiger partial charge in [0.2, 0.25) is 0 Å². The average molecular weight is 247 g/mol. The van der Waals surface area contributed by atoms with Crippen LogP contribution in [0.3, 0.4) is 0 Å². The van der Waals surface area contributed by atoms with E-state index in [9.17, 15) is 0 Å². The van der Waals surface area contributed by atoms with E-state index >= 15 is 0 Å². The third-order valence-corrected chi connectivity index (χ3v) is 4.33. The van der Waals surface area contributed by atoms with Crippen LogP contribution in [0.25, 0.3) is 10.2 Å². The molecule has 0 atom stereocenters. The van der Waals surface area contributed by atoms with E-state index in [1.54, 1.807) is 11.3 Å². The molecule has 3 N–H and O–H groups in total. The van der Waals surface area contributed by atoms with Crippen LogP contribution in [0.4, 0.5) is 11.4 Å². The van der Waals surface area contributed by atoms with Gasteiger partial charge in [-0.25, -0.2) is 4.98 Å². The second kappa shape index (κ2) is 3.88. The van der Waals surface area contributed by atoms with Crippen molar-refractivity contribution in [2.75, 3.05) is 11.1 Å². The number of fused-ring (bicyclic) bond motifs is 1. The monoisotopic (exact) mass is 247 g/mol. The lowest BCUT2D eigenvalue weighted by Crippen LogP contribution is -2.33. The van der Waals surface area contributed by atoms with Gasteiger partial charge in [0.05, 0.1) is 26.6 Å². The minimum atomic E-state index is 0.587. The molecule has 1 aromatic heterocycles. The largest absolute Gasteiger partial charge is 0.397 e. The second-order valence-corrected chi connectivity index (χ2v) is 6.29. The molecule has 3 rings (SSSR count). The Morgan fingerprint density at radius 2 is 2.18 bits per heavy atom. The average Bonchev–Trinajstić information content (AvgIpc) is 2.55. The summed E-state index contributed by atoms with van der Waals surface area (Å²) in [5.74, 6) is 0.846. The molecular formula is C13H17N3S. The first-order valence-corrected chi connectivity index (χ1v) is 6.86. The zero-order valence-corrected chi connectivity index (χ0v) is 11.0. The Kier molecular flexibility index (Phi) is 2.47. The third-order valence-electron chi connectivity index (χ3n) is 3.40. The highest BCUT2D eigenvalue weighted by molar-refractivity contribution is 7.18. The van der Waals surface area contributed by atoms with Gasteiger partial charge in [-0.2, -0.15) is 0 Å². The fraction of sp³-hybridized carbons (Fsp3) is 0.462. The van der Waals surface area contributed by atoms with Crippen LogP contribution in [0, 0.1) is 12.8 Å². The van der Waals surface area contributed by atoms with Crippen molar-refractivity contribution in [3.63, 3.8) is 0 Å². The van der Waals surface area contributed by atoms with Crippen LogP contribution in [-0.2, 0) is 0 Å². The van der Waals surface area contributed by atoms with Crippen LogP contribution >= 0.6 is 11.3 Å². The number of hydrogen-bond acceptors (Lipinski definition) is 4. The predicted molar refractivity (Wildman–Crippen MR) is 74.6 cm³/mol.